The molecular formula is C28H26N4O3. The highest BCUT2D eigenvalue weighted by Crippen LogP contribution is 2.31. The van der Waals surface area contributed by atoms with Crippen LogP contribution >= 0.6 is 0 Å². The summed E-state index contributed by atoms with van der Waals surface area (Å²) < 4.78 is 17.0. The largest absolute Gasteiger partial charge is 0.493 e. The second kappa shape index (κ2) is 10.4. The Hall–Kier alpha value is -4.15. The zero-order valence-corrected chi connectivity index (χ0v) is 19.6. The third-order valence-corrected chi connectivity index (χ3v) is 6.10. The van der Waals surface area contributed by atoms with Crippen LogP contribution in [0.25, 0.3) is 11.0 Å². The van der Waals surface area contributed by atoms with E-state index in [1.807, 2.05) is 60.7 Å². The fraction of sp³-hybridized carbons (Fsp3) is 0.250. The van der Waals surface area contributed by atoms with E-state index in [4.69, 9.17) is 19.2 Å². The molecule has 1 aromatic heterocycles. The van der Waals surface area contributed by atoms with Gasteiger partial charge < -0.3 is 19.1 Å². The predicted octanol–water partition coefficient (Wildman–Crippen LogP) is 4.52. The van der Waals surface area contributed by atoms with E-state index in [2.05, 4.69) is 16.0 Å². The summed E-state index contributed by atoms with van der Waals surface area (Å²) in [6.07, 6.45) is 2.34. The van der Waals surface area contributed by atoms with E-state index in [9.17, 15) is 5.26 Å². The van der Waals surface area contributed by atoms with E-state index < -0.39 is 0 Å². The number of aromatic nitrogens is 2. The second-order valence-corrected chi connectivity index (χ2v) is 8.34. The number of fused-ring (bicyclic) bond motifs is 1. The number of morpholine rings is 1. The molecule has 7 heteroatoms. The summed E-state index contributed by atoms with van der Waals surface area (Å²) >= 11 is 0. The van der Waals surface area contributed by atoms with Crippen molar-refractivity contribution in [3.8, 4) is 17.6 Å². The van der Waals surface area contributed by atoms with Gasteiger partial charge in [0.15, 0.2) is 11.5 Å². The van der Waals surface area contributed by atoms with Crippen LogP contribution < -0.4 is 14.4 Å². The van der Waals surface area contributed by atoms with Gasteiger partial charge >= 0.3 is 0 Å². The Labute approximate surface area is 204 Å². The smallest absolute Gasteiger partial charge is 0.161 e. The van der Waals surface area contributed by atoms with Gasteiger partial charge in [0.2, 0.25) is 0 Å². The summed E-state index contributed by atoms with van der Waals surface area (Å²) in [6.45, 7) is 3.32. The number of methoxy groups -OCH3 is 1. The van der Waals surface area contributed by atoms with Gasteiger partial charge in [-0.25, -0.2) is 4.98 Å². The van der Waals surface area contributed by atoms with Gasteiger partial charge in [-0.1, -0.05) is 42.5 Å². The Balaban J connectivity index is 1.40. The quantitative estimate of drug-likeness (QED) is 0.396. The number of benzene rings is 3. The van der Waals surface area contributed by atoms with Crippen molar-refractivity contribution >= 4 is 16.9 Å². The van der Waals surface area contributed by atoms with Gasteiger partial charge in [0.05, 0.1) is 37.6 Å². The minimum Gasteiger partial charge on any atom is -0.493 e. The standard InChI is InChI=1S/C28H26N4O3/c1-33-26-16-21(7-10-25(26)35-19-20-5-3-2-4-6-20)15-22-8-9-24-28(23(22)17-29)31-27(18-30-24)32-11-13-34-14-12-32/h2-10,16,18H,11-15,19H2,1H3. The molecule has 0 spiro atoms. The van der Waals surface area contributed by atoms with Crippen molar-refractivity contribution in [1.82, 2.24) is 9.97 Å². The SMILES string of the molecule is COc1cc(Cc2ccc3ncc(N4CCOCC4)nc3c2C#N)ccc1OCc1ccccc1. The van der Waals surface area contributed by atoms with Crippen molar-refractivity contribution in [2.24, 2.45) is 0 Å². The molecule has 1 saturated heterocycles. The van der Waals surface area contributed by atoms with Crippen LogP contribution in [0.3, 0.4) is 0 Å². The van der Waals surface area contributed by atoms with E-state index >= 15 is 0 Å². The number of nitrogens with zero attached hydrogens (tertiary/aromatic N) is 4. The Bertz CT molecular complexity index is 1360. The molecule has 1 aliphatic rings. The lowest BCUT2D eigenvalue weighted by Gasteiger charge is -2.27. The Kier molecular flexibility index (Phi) is 6.73. The fourth-order valence-corrected chi connectivity index (χ4v) is 4.22. The summed E-state index contributed by atoms with van der Waals surface area (Å²) in [6, 6.07) is 22.1. The lowest BCUT2D eigenvalue weighted by Crippen LogP contribution is -2.36. The first-order valence-corrected chi connectivity index (χ1v) is 11.6. The zero-order chi connectivity index (χ0) is 24.0. The van der Waals surface area contributed by atoms with E-state index in [1.165, 1.54) is 0 Å². The molecule has 1 aliphatic heterocycles. The van der Waals surface area contributed by atoms with Crippen molar-refractivity contribution in [2.75, 3.05) is 38.3 Å². The predicted molar refractivity (Wildman–Crippen MR) is 134 cm³/mol. The van der Waals surface area contributed by atoms with Crippen LogP contribution in [-0.2, 0) is 17.8 Å². The molecule has 0 atom stereocenters. The Morgan fingerprint density at radius 1 is 1.00 bits per heavy atom. The van der Waals surface area contributed by atoms with Gasteiger partial charge in [0.1, 0.15) is 24.0 Å². The molecule has 0 saturated carbocycles. The molecule has 7 nitrogen and oxygen atoms in total. The molecule has 0 radical (unpaired) electrons. The topological polar surface area (TPSA) is 80.5 Å². The highest BCUT2D eigenvalue weighted by atomic mass is 16.5. The van der Waals surface area contributed by atoms with Gasteiger partial charge in [-0.2, -0.15) is 5.26 Å². The van der Waals surface area contributed by atoms with Crippen molar-refractivity contribution in [2.45, 2.75) is 13.0 Å². The maximum Gasteiger partial charge on any atom is 0.161 e. The highest BCUT2D eigenvalue weighted by Gasteiger charge is 2.17. The second-order valence-electron chi connectivity index (χ2n) is 8.34. The van der Waals surface area contributed by atoms with Gasteiger partial charge in [0, 0.05) is 13.1 Å². The fourth-order valence-electron chi connectivity index (χ4n) is 4.22. The summed E-state index contributed by atoms with van der Waals surface area (Å²) in [5.41, 5.74) is 4.89. The normalized spacial score (nSPS) is 13.4. The van der Waals surface area contributed by atoms with Crippen LogP contribution in [0.5, 0.6) is 11.5 Å². The maximum atomic E-state index is 10.0. The summed E-state index contributed by atoms with van der Waals surface area (Å²) in [5.74, 6) is 2.11. The zero-order valence-electron chi connectivity index (χ0n) is 19.6. The van der Waals surface area contributed by atoms with Crippen molar-refractivity contribution in [3.63, 3.8) is 0 Å². The third-order valence-electron chi connectivity index (χ3n) is 6.10. The monoisotopic (exact) mass is 466 g/mol. The molecule has 1 fully saturated rings. The third kappa shape index (κ3) is 5.03. The average molecular weight is 467 g/mol. The molecule has 0 unspecified atom stereocenters. The number of hydrogen-bond acceptors (Lipinski definition) is 7. The van der Waals surface area contributed by atoms with Crippen molar-refractivity contribution < 1.29 is 14.2 Å². The van der Waals surface area contributed by atoms with Gasteiger partial charge in [-0.05, 0) is 41.3 Å². The number of anilines is 1. The van der Waals surface area contributed by atoms with Gasteiger partial charge in [-0.15, -0.1) is 0 Å². The number of rotatable bonds is 7. The first kappa shape index (κ1) is 22.6. The van der Waals surface area contributed by atoms with Gasteiger partial charge in [0.25, 0.3) is 0 Å². The van der Waals surface area contributed by atoms with Crippen molar-refractivity contribution in [3.05, 3.63) is 89.1 Å². The van der Waals surface area contributed by atoms with E-state index in [1.54, 1.807) is 13.3 Å². The lowest BCUT2D eigenvalue weighted by atomic mass is 9.98. The van der Waals surface area contributed by atoms with Crippen LogP contribution in [0.15, 0.2) is 66.9 Å². The lowest BCUT2D eigenvalue weighted by molar-refractivity contribution is 0.122. The summed E-state index contributed by atoms with van der Waals surface area (Å²) in [7, 11) is 1.63. The molecule has 176 valence electrons. The van der Waals surface area contributed by atoms with E-state index in [-0.39, 0.29) is 0 Å². The molecule has 0 aliphatic carbocycles. The Morgan fingerprint density at radius 2 is 1.83 bits per heavy atom. The van der Waals surface area contributed by atoms with Crippen LogP contribution in [0.4, 0.5) is 5.82 Å². The molecule has 0 bridgehead atoms. The highest BCUT2D eigenvalue weighted by molar-refractivity contribution is 5.83. The van der Waals surface area contributed by atoms with Gasteiger partial charge in [-0.3, -0.25) is 4.98 Å². The molecule has 4 aromatic rings. The molecule has 3 aromatic carbocycles. The summed E-state index contributed by atoms with van der Waals surface area (Å²) in [5, 5.41) is 10.0. The number of nitriles is 1. The minimum absolute atomic E-state index is 0.462. The van der Waals surface area contributed by atoms with Crippen LogP contribution in [-0.4, -0.2) is 43.4 Å². The van der Waals surface area contributed by atoms with Crippen LogP contribution in [0, 0.1) is 11.3 Å². The van der Waals surface area contributed by atoms with E-state index in [0.717, 1.165) is 35.6 Å². The molecule has 2 heterocycles. The average Bonchev–Trinajstić information content (AvgIpc) is 2.93. The van der Waals surface area contributed by atoms with Crippen LogP contribution in [0.2, 0.25) is 0 Å². The molecule has 5 rings (SSSR count). The summed E-state index contributed by atoms with van der Waals surface area (Å²) in [4.78, 5) is 11.5. The van der Waals surface area contributed by atoms with Crippen molar-refractivity contribution in [1.29, 1.82) is 5.26 Å². The molecular weight excluding hydrogens is 440 g/mol. The van der Waals surface area contributed by atoms with Crippen LogP contribution in [0.1, 0.15) is 22.3 Å². The number of hydrogen-bond donors (Lipinski definition) is 0. The minimum atomic E-state index is 0.462. The number of ether oxygens (including phenoxy) is 3. The van der Waals surface area contributed by atoms with E-state index in [0.29, 0.717) is 54.3 Å². The molecule has 0 amide bonds. The molecule has 0 N–H and O–H groups in total. The maximum absolute atomic E-state index is 10.0. The Morgan fingerprint density at radius 3 is 2.60 bits per heavy atom. The first-order chi connectivity index (χ1) is 17.2. The first-order valence-electron chi connectivity index (χ1n) is 11.6. The molecule has 35 heavy (non-hydrogen) atoms.